The summed E-state index contributed by atoms with van der Waals surface area (Å²) in [5.74, 6) is 1.21. The predicted octanol–water partition coefficient (Wildman–Crippen LogP) is 2.75. The zero-order chi connectivity index (χ0) is 15.4. The molecule has 114 valence electrons. The maximum Gasteiger partial charge on any atom is 0.122 e. The van der Waals surface area contributed by atoms with Crippen molar-refractivity contribution in [3.05, 3.63) is 46.2 Å². The number of rotatable bonds is 6. The highest BCUT2D eigenvalue weighted by Gasteiger charge is 2.18. The first kappa shape index (κ1) is 15.9. The molecule has 0 spiro atoms. The molecule has 2 N–H and O–H groups in total. The molecule has 1 heterocycles. The molecule has 1 unspecified atom stereocenters. The van der Waals surface area contributed by atoms with E-state index >= 15 is 0 Å². The van der Waals surface area contributed by atoms with Crippen LogP contribution in [0.25, 0.3) is 0 Å². The molecule has 2 aromatic rings. The van der Waals surface area contributed by atoms with Gasteiger partial charge in [-0.25, -0.2) is 0 Å². The van der Waals surface area contributed by atoms with Crippen molar-refractivity contribution in [1.29, 1.82) is 0 Å². The second-order valence-electron chi connectivity index (χ2n) is 5.29. The van der Waals surface area contributed by atoms with Gasteiger partial charge in [-0.15, -0.1) is 0 Å². The summed E-state index contributed by atoms with van der Waals surface area (Å²) in [4.78, 5) is 0. The minimum absolute atomic E-state index is 0.300. The average molecular weight is 308 g/mol. The number of ether oxygens (including phenoxy) is 1. The van der Waals surface area contributed by atoms with Crippen LogP contribution in [0.3, 0.4) is 0 Å². The van der Waals surface area contributed by atoms with Crippen molar-refractivity contribution in [2.45, 2.75) is 19.8 Å². The first-order valence-corrected chi connectivity index (χ1v) is 7.44. The Balaban J connectivity index is 2.17. The van der Waals surface area contributed by atoms with Crippen LogP contribution in [0.5, 0.6) is 5.75 Å². The fraction of sp³-hybridized carbons (Fsp3) is 0.438. The Hall–Kier alpha value is -1.52. The summed E-state index contributed by atoms with van der Waals surface area (Å²) in [5.41, 5.74) is 9.03. The molecule has 0 saturated heterocycles. The lowest BCUT2D eigenvalue weighted by Crippen LogP contribution is -2.21. The molecule has 0 bridgehead atoms. The van der Waals surface area contributed by atoms with Gasteiger partial charge in [-0.3, -0.25) is 4.68 Å². The van der Waals surface area contributed by atoms with Gasteiger partial charge in [0.05, 0.1) is 23.5 Å². The molecule has 4 nitrogen and oxygen atoms in total. The lowest BCUT2D eigenvalue weighted by molar-refractivity contribution is 0.403. The highest BCUT2D eigenvalue weighted by Crippen LogP contribution is 2.26. The molecule has 0 saturated carbocycles. The lowest BCUT2D eigenvalue weighted by Gasteiger charge is -2.17. The molecular formula is C16H22ClN3O. The summed E-state index contributed by atoms with van der Waals surface area (Å²) < 4.78 is 7.26. The van der Waals surface area contributed by atoms with Gasteiger partial charge in [0.2, 0.25) is 0 Å². The fourth-order valence-corrected chi connectivity index (χ4v) is 2.83. The van der Waals surface area contributed by atoms with Crippen molar-refractivity contribution in [3.8, 4) is 5.75 Å². The van der Waals surface area contributed by atoms with E-state index < -0.39 is 0 Å². The molecule has 0 fully saturated rings. The SMILES string of the molecule is COc1ccccc1CC(CN)Cc1c(Cl)c(C)nn1C. The fourth-order valence-electron chi connectivity index (χ4n) is 2.60. The van der Waals surface area contributed by atoms with Crippen molar-refractivity contribution < 1.29 is 4.74 Å². The smallest absolute Gasteiger partial charge is 0.122 e. The third kappa shape index (κ3) is 3.57. The third-order valence-corrected chi connectivity index (χ3v) is 4.27. The van der Waals surface area contributed by atoms with Crippen LogP contribution in [-0.2, 0) is 19.9 Å². The summed E-state index contributed by atoms with van der Waals surface area (Å²) in [6, 6.07) is 8.05. The van der Waals surface area contributed by atoms with Gasteiger partial charge in [-0.05, 0) is 43.9 Å². The Kier molecular flexibility index (Phi) is 5.26. The van der Waals surface area contributed by atoms with Crippen LogP contribution in [0.4, 0.5) is 0 Å². The second-order valence-corrected chi connectivity index (χ2v) is 5.67. The highest BCUT2D eigenvalue weighted by atomic mass is 35.5. The molecule has 0 aliphatic rings. The van der Waals surface area contributed by atoms with E-state index in [0.29, 0.717) is 12.5 Å². The summed E-state index contributed by atoms with van der Waals surface area (Å²) in [5, 5.41) is 5.10. The Morgan fingerprint density at radius 1 is 1.33 bits per heavy atom. The first-order valence-electron chi connectivity index (χ1n) is 7.06. The van der Waals surface area contributed by atoms with E-state index in [1.54, 1.807) is 7.11 Å². The summed E-state index contributed by atoms with van der Waals surface area (Å²) in [6.07, 6.45) is 1.67. The Morgan fingerprint density at radius 2 is 2.05 bits per heavy atom. The molecule has 21 heavy (non-hydrogen) atoms. The molecule has 1 atom stereocenters. The van der Waals surface area contributed by atoms with Crippen LogP contribution in [0, 0.1) is 12.8 Å². The normalized spacial score (nSPS) is 12.4. The van der Waals surface area contributed by atoms with Crippen molar-refractivity contribution in [2.75, 3.05) is 13.7 Å². The van der Waals surface area contributed by atoms with Crippen LogP contribution in [0.1, 0.15) is 17.0 Å². The quantitative estimate of drug-likeness (QED) is 0.893. The van der Waals surface area contributed by atoms with Crippen LogP contribution >= 0.6 is 11.6 Å². The van der Waals surface area contributed by atoms with Crippen molar-refractivity contribution >= 4 is 11.6 Å². The standard InChI is InChI=1S/C16H22ClN3O/c1-11-16(17)14(20(2)19-11)9-12(10-18)8-13-6-4-5-7-15(13)21-3/h4-7,12H,8-10,18H2,1-3H3. The molecule has 1 aromatic carbocycles. The Morgan fingerprint density at radius 3 is 2.62 bits per heavy atom. The number of hydrogen-bond donors (Lipinski definition) is 1. The van der Waals surface area contributed by atoms with Crippen LogP contribution < -0.4 is 10.5 Å². The van der Waals surface area contributed by atoms with Gasteiger partial charge in [0.25, 0.3) is 0 Å². The summed E-state index contributed by atoms with van der Waals surface area (Å²) in [6.45, 7) is 2.52. The van der Waals surface area contributed by atoms with E-state index in [1.807, 2.05) is 36.9 Å². The van der Waals surface area contributed by atoms with Gasteiger partial charge in [0.15, 0.2) is 0 Å². The van der Waals surface area contributed by atoms with E-state index in [4.69, 9.17) is 22.1 Å². The van der Waals surface area contributed by atoms with Crippen LogP contribution in [0.2, 0.25) is 5.02 Å². The Bertz CT molecular complexity index is 610. The number of aryl methyl sites for hydroxylation is 2. The number of halogens is 1. The van der Waals surface area contributed by atoms with E-state index in [2.05, 4.69) is 11.2 Å². The predicted molar refractivity (Wildman–Crippen MR) is 85.9 cm³/mol. The molecule has 0 aliphatic carbocycles. The third-order valence-electron chi connectivity index (χ3n) is 3.78. The maximum absolute atomic E-state index is 6.33. The number of para-hydroxylation sites is 1. The van der Waals surface area contributed by atoms with Gasteiger partial charge in [0, 0.05) is 7.05 Å². The minimum Gasteiger partial charge on any atom is -0.496 e. The molecule has 0 aliphatic heterocycles. The Labute approximate surface area is 130 Å². The number of benzene rings is 1. The summed E-state index contributed by atoms with van der Waals surface area (Å²) >= 11 is 6.33. The van der Waals surface area contributed by atoms with Gasteiger partial charge in [-0.1, -0.05) is 29.8 Å². The van der Waals surface area contributed by atoms with E-state index in [0.717, 1.165) is 35.0 Å². The molecule has 2 rings (SSSR count). The van der Waals surface area contributed by atoms with Crippen molar-refractivity contribution in [3.63, 3.8) is 0 Å². The number of nitrogens with two attached hydrogens (primary N) is 1. The molecular weight excluding hydrogens is 286 g/mol. The lowest BCUT2D eigenvalue weighted by atomic mass is 9.94. The zero-order valence-electron chi connectivity index (χ0n) is 12.8. The number of methoxy groups -OCH3 is 1. The number of nitrogens with zero attached hydrogens (tertiary/aromatic N) is 2. The maximum atomic E-state index is 6.33. The van der Waals surface area contributed by atoms with E-state index in [-0.39, 0.29) is 0 Å². The van der Waals surface area contributed by atoms with Crippen molar-refractivity contribution in [2.24, 2.45) is 18.7 Å². The van der Waals surface area contributed by atoms with Crippen molar-refractivity contribution in [1.82, 2.24) is 9.78 Å². The van der Waals surface area contributed by atoms with E-state index in [1.165, 1.54) is 5.56 Å². The van der Waals surface area contributed by atoms with Crippen LogP contribution in [-0.4, -0.2) is 23.4 Å². The molecule has 5 heteroatoms. The van der Waals surface area contributed by atoms with Gasteiger partial charge in [-0.2, -0.15) is 5.10 Å². The molecule has 0 radical (unpaired) electrons. The topological polar surface area (TPSA) is 53.1 Å². The first-order chi connectivity index (χ1) is 10.1. The number of aromatic nitrogens is 2. The second kappa shape index (κ2) is 6.96. The van der Waals surface area contributed by atoms with Gasteiger partial charge < -0.3 is 10.5 Å². The summed E-state index contributed by atoms with van der Waals surface area (Å²) in [7, 11) is 3.61. The molecule has 0 amide bonds. The minimum atomic E-state index is 0.300. The van der Waals surface area contributed by atoms with Gasteiger partial charge >= 0.3 is 0 Å². The zero-order valence-corrected chi connectivity index (χ0v) is 13.5. The van der Waals surface area contributed by atoms with Crippen LogP contribution in [0.15, 0.2) is 24.3 Å². The monoisotopic (exact) mass is 307 g/mol. The van der Waals surface area contributed by atoms with E-state index in [9.17, 15) is 0 Å². The highest BCUT2D eigenvalue weighted by molar-refractivity contribution is 6.31. The number of hydrogen-bond acceptors (Lipinski definition) is 3. The molecule has 1 aromatic heterocycles. The largest absolute Gasteiger partial charge is 0.496 e. The van der Waals surface area contributed by atoms with Gasteiger partial charge in [0.1, 0.15) is 5.75 Å². The average Bonchev–Trinajstić information content (AvgIpc) is 2.73.